The van der Waals surface area contributed by atoms with Gasteiger partial charge in [0.15, 0.2) is 0 Å². The second kappa shape index (κ2) is 7.49. The van der Waals surface area contributed by atoms with Crippen molar-refractivity contribution in [1.29, 1.82) is 0 Å². The van der Waals surface area contributed by atoms with E-state index in [1.165, 1.54) is 23.5 Å². The molecule has 0 aliphatic heterocycles. The number of carbonyl (C=O) groups excluding carboxylic acids is 1. The number of non-ortho nitro benzene ring substituents is 1. The highest BCUT2D eigenvalue weighted by atomic mass is 35.5. The molecular formula is C18H12ClN5O4S. The molecule has 1 N–H and O–H groups in total. The summed E-state index contributed by atoms with van der Waals surface area (Å²) in [6.07, 6.45) is 0. The normalized spacial score (nSPS) is 10.8. The summed E-state index contributed by atoms with van der Waals surface area (Å²) in [6.45, 7) is 0. The van der Waals surface area contributed by atoms with E-state index in [2.05, 4.69) is 15.4 Å². The maximum absolute atomic E-state index is 12.5. The lowest BCUT2D eigenvalue weighted by Gasteiger charge is -2.04. The lowest BCUT2D eigenvalue weighted by molar-refractivity contribution is -0.384. The van der Waals surface area contributed by atoms with Crippen molar-refractivity contribution in [2.45, 2.75) is 0 Å². The van der Waals surface area contributed by atoms with Crippen molar-refractivity contribution in [2.24, 2.45) is 0 Å². The molecule has 0 saturated heterocycles. The summed E-state index contributed by atoms with van der Waals surface area (Å²) in [6, 6.07) is 11.1. The monoisotopic (exact) mass is 429 g/mol. The molecule has 9 nitrogen and oxygen atoms in total. The van der Waals surface area contributed by atoms with Crippen LogP contribution in [-0.4, -0.2) is 32.5 Å². The number of methoxy groups -OCH3 is 1. The van der Waals surface area contributed by atoms with Gasteiger partial charge in [0.1, 0.15) is 5.75 Å². The Morgan fingerprint density at radius 3 is 2.72 bits per heavy atom. The number of benzene rings is 2. The number of nitrogens with zero attached hydrogens (tertiary/aromatic N) is 4. The van der Waals surface area contributed by atoms with Crippen molar-refractivity contribution in [3.05, 3.63) is 68.5 Å². The zero-order chi connectivity index (χ0) is 20.5. The third kappa shape index (κ3) is 3.62. The van der Waals surface area contributed by atoms with Crippen LogP contribution in [0.25, 0.3) is 16.2 Å². The smallest absolute Gasteiger partial charge is 0.270 e. The predicted molar refractivity (Wildman–Crippen MR) is 109 cm³/mol. The highest BCUT2D eigenvalue weighted by Gasteiger charge is 2.19. The average Bonchev–Trinajstić information content (AvgIpc) is 3.28. The summed E-state index contributed by atoms with van der Waals surface area (Å²) < 4.78 is 6.77. The Hall–Kier alpha value is -3.50. The van der Waals surface area contributed by atoms with Gasteiger partial charge in [-0.2, -0.15) is 4.98 Å². The number of nitro benzene ring substituents is 1. The topological polar surface area (TPSA) is 112 Å². The van der Waals surface area contributed by atoms with Crippen LogP contribution in [0.1, 0.15) is 10.4 Å². The van der Waals surface area contributed by atoms with Crippen molar-refractivity contribution in [3.8, 4) is 17.0 Å². The van der Waals surface area contributed by atoms with E-state index in [1.807, 2.05) is 29.6 Å². The number of hydrogen-bond donors (Lipinski definition) is 1. The molecule has 0 aliphatic rings. The van der Waals surface area contributed by atoms with Crippen LogP contribution in [0.2, 0.25) is 5.02 Å². The first-order valence-electron chi connectivity index (χ1n) is 8.20. The predicted octanol–water partition coefficient (Wildman–Crippen LogP) is 4.28. The molecule has 0 unspecified atom stereocenters. The molecule has 0 radical (unpaired) electrons. The number of anilines is 1. The maximum atomic E-state index is 12.5. The van der Waals surface area contributed by atoms with Crippen LogP contribution < -0.4 is 10.1 Å². The summed E-state index contributed by atoms with van der Waals surface area (Å²) in [4.78, 5) is 27.7. The number of fused-ring (bicyclic) bond motifs is 1. The summed E-state index contributed by atoms with van der Waals surface area (Å²) in [7, 11) is 1.60. The quantitative estimate of drug-likeness (QED) is 0.374. The lowest BCUT2D eigenvalue weighted by Crippen LogP contribution is -2.14. The first-order chi connectivity index (χ1) is 14.0. The molecule has 29 heavy (non-hydrogen) atoms. The Morgan fingerprint density at radius 1 is 1.28 bits per heavy atom. The maximum Gasteiger partial charge on any atom is 0.270 e. The molecule has 4 aromatic rings. The third-order valence-electron chi connectivity index (χ3n) is 4.10. The van der Waals surface area contributed by atoms with E-state index in [0.29, 0.717) is 4.96 Å². The number of ether oxygens (including phenoxy) is 1. The van der Waals surface area contributed by atoms with Gasteiger partial charge in [0.2, 0.25) is 4.96 Å². The van der Waals surface area contributed by atoms with Crippen LogP contribution in [0.4, 0.5) is 11.6 Å². The molecular weight excluding hydrogens is 418 g/mol. The minimum Gasteiger partial charge on any atom is -0.497 e. The van der Waals surface area contributed by atoms with E-state index < -0.39 is 10.8 Å². The molecule has 2 heterocycles. The zero-order valence-electron chi connectivity index (χ0n) is 14.8. The molecule has 146 valence electrons. The van der Waals surface area contributed by atoms with Crippen LogP contribution in [0.15, 0.2) is 47.8 Å². The summed E-state index contributed by atoms with van der Waals surface area (Å²) in [5.74, 6) is 0.169. The number of halogens is 1. The molecule has 0 aliphatic carbocycles. The van der Waals surface area contributed by atoms with Gasteiger partial charge in [-0.05, 0) is 30.3 Å². The van der Waals surface area contributed by atoms with Gasteiger partial charge in [-0.3, -0.25) is 20.2 Å². The highest BCUT2D eigenvalue weighted by Crippen LogP contribution is 2.28. The summed E-state index contributed by atoms with van der Waals surface area (Å²) in [5, 5.41) is 19.8. The fraction of sp³-hybridized carbons (Fsp3) is 0.0556. The first-order valence-corrected chi connectivity index (χ1v) is 9.46. The van der Waals surface area contributed by atoms with Gasteiger partial charge in [-0.15, -0.1) is 16.4 Å². The summed E-state index contributed by atoms with van der Waals surface area (Å²) in [5.41, 5.74) is 1.44. The SMILES string of the molecule is COc1ccc(-c2csc3nc(NC(=O)c4cc([N+](=O)[O-])ccc4Cl)nn23)cc1. The molecule has 0 fully saturated rings. The van der Waals surface area contributed by atoms with Gasteiger partial charge in [0, 0.05) is 23.1 Å². The Labute approximate surface area is 172 Å². The van der Waals surface area contributed by atoms with Crippen molar-refractivity contribution >= 4 is 45.4 Å². The van der Waals surface area contributed by atoms with Gasteiger partial charge < -0.3 is 4.74 Å². The standard InChI is InChI=1S/C18H12ClN5O4S/c1-28-12-5-2-10(3-6-12)15-9-29-18-21-17(22-23(15)18)20-16(25)13-8-11(24(26)27)4-7-14(13)19/h2-9H,1H3,(H,20,22,25). The van der Waals surface area contributed by atoms with Gasteiger partial charge in [-0.25, -0.2) is 4.52 Å². The van der Waals surface area contributed by atoms with Crippen molar-refractivity contribution < 1.29 is 14.5 Å². The number of amides is 1. The Bertz CT molecular complexity index is 1240. The Balaban J connectivity index is 1.62. The van der Waals surface area contributed by atoms with Crippen LogP contribution in [0.5, 0.6) is 5.75 Å². The fourth-order valence-electron chi connectivity index (χ4n) is 2.66. The largest absolute Gasteiger partial charge is 0.497 e. The zero-order valence-corrected chi connectivity index (χ0v) is 16.4. The van der Waals surface area contributed by atoms with Gasteiger partial charge in [0.25, 0.3) is 17.5 Å². The molecule has 0 spiro atoms. The number of aromatic nitrogens is 3. The second-order valence-corrected chi connectivity index (χ2v) is 7.10. The highest BCUT2D eigenvalue weighted by molar-refractivity contribution is 7.15. The Morgan fingerprint density at radius 2 is 2.03 bits per heavy atom. The first kappa shape index (κ1) is 18.8. The van der Waals surface area contributed by atoms with Gasteiger partial charge in [-0.1, -0.05) is 11.6 Å². The van der Waals surface area contributed by atoms with Crippen molar-refractivity contribution in [3.63, 3.8) is 0 Å². The molecule has 4 rings (SSSR count). The minimum absolute atomic E-state index is 0.0330. The van der Waals surface area contributed by atoms with Crippen LogP contribution in [-0.2, 0) is 0 Å². The van der Waals surface area contributed by atoms with Crippen molar-refractivity contribution in [2.75, 3.05) is 12.4 Å². The molecule has 0 saturated carbocycles. The number of nitrogens with one attached hydrogen (secondary N) is 1. The number of hydrogen-bond acceptors (Lipinski definition) is 7. The van der Waals surface area contributed by atoms with E-state index in [0.717, 1.165) is 23.1 Å². The average molecular weight is 430 g/mol. The van der Waals surface area contributed by atoms with Crippen molar-refractivity contribution in [1.82, 2.24) is 14.6 Å². The van der Waals surface area contributed by atoms with E-state index >= 15 is 0 Å². The van der Waals surface area contributed by atoms with E-state index in [9.17, 15) is 14.9 Å². The van der Waals surface area contributed by atoms with Gasteiger partial charge >= 0.3 is 0 Å². The number of rotatable bonds is 5. The second-order valence-electron chi connectivity index (χ2n) is 5.85. The molecule has 0 atom stereocenters. The molecule has 11 heteroatoms. The minimum atomic E-state index is -0.636. The number of thiazole rings is 1. The molecule has 1 amide bonds. The third-order valence-corrected chi connectivity index (χ3v) is 5.24. The molecule has 0 bridgehead atoms. The molecule has 2 aromatic carbocycles. The number of nitro groups is 1. The van der Waals surface area contributed by atoms with E-state index in [-0.39, 0.29) is 22.2 Å². The fourth-order valence-corrected chi connectivity index (χ4v) is 3.70. The van der Waals surface area contributed by atoms with E-state index in [1.54, 1.807) is 11.6 Å². The molecule has 2 aromatic heterocycles. The Kier molecular flexibility index (Phi) is 4.87. The van der Waals surface area contributed by atoms with E-state index in [4.69, 9.17) is 16.3 Å². The lowest BCUT2D eigenvalue weighted by atomic mass is 10.2. The van der Waals surface area contributed by atoms with Gasteiger partial charge in [0.05, 0.1) is 28.3 Å². The van der Waals surface area contributed by atoms with Crippen LogP contribution >= 0.6 is 22.9 Å². The van der Waals surface area contributed by atoms with Crippen LogP contribution in [0, 0.1) is 10.1 Å². The summed E-state index contributed by atoms with van der Waals surface area (Å²) >= 11 is 7.38. The van der Waals surface area contributed by atoms with Crippen LogP contribution in [0.3, 0.4) is 0 Å². The number of carbonyl (C=O) groups is 1.